The van der Waals surface area contributed by atoms with Crippen molar-refractivity contribution in [2.75, 3.05) is 0 Å². The third-order valence-electron chi connectivity index (χ3n) is 12.5. The van der Waals surface area contributed by atoms with Gasteiger partial charge in [-0.15, -0.1) is 0 Å². The van der Waals surface area contributed by atoms with Gasteiger partial charge in [0.15, 0.2) is 11.6 Å². The monoisotopic (exact) mass is 793 g/mol. The van der Waals surface area contributed by atoms with Crippen LogP contribution in [0.15, 0.2) is 197 Å². The van der Waals surface area contributed by atoms with Gasteiger partial charge in [0.1, 0.15) is 22.3 Å². The van der Waals surface area contributed by atoms with E-state index in [2.05, 4.69) is 161 Å². The maximum Gasteiger partial charge on any atom is 0.238 e. The van der Waals surface area contributed by atoms with Gasteiger partial charge in [-0.2, -0.15) is 9.97 Å². The molecule has 0 saturated heterocycles. The molecule has 9 aromatic carbocycles. The summed E-state index contributed by atoms with van der Waals surface area (Å²) in [6.45, 7) is 0. The molecule has 0 saturated carbocycles. The second-order valence-electron chi connectivity index (χ2n) is 16.0. The van der Waals surface area contributed by atoms with Crippen molar-refractivity contribution < 1.29 is 8.83 Å². The van der Waals surface area contributed by atoms with E-state index in [0.717, 1.165) is 87.9 Å². The zero-order chi connectivity index (χ0) is 40.5. The fourth-order valence-electron chi connectivity index (χ4n) is 9.76. The lowest BCUT2D eigenvalue weighted by atomic mass is 10.1. The fraction of sp³-hybridized carbons (Fsp3) is 0. The first-order valence-electron chi connectivity index (χ1n) is 20.8. The molecule has 0 aliphatic rings. The molecule has 7 nitrogen and oxygen atoms in total. The number of hydrogen-bond acceptors (Lipinski definition) is 5. The third kappa shape index (κ3) is 4.73. The molecule has 288 valence electrons. The topological polar surface area (TPSA) is 74.8 Å². The van der Waals surface area contributed by atoms with Crippen molar-refractivity contribution >= 4 is 98.3 Å². The van der Waals surface area contributed by atoms with E-state index in [4.69, 9.17) is 23.8 Å². The van der Waals surface area contributed by atoms with Crippen molar-refractivity contribution in [2.45, 2.75) is 0 Å². The van der Waals surface area contributed by atoms with Gasteiger partial charge in [-0.05, 0) is 77.5 Å². The zero-order valence-electron chi connectivity index (χ0n) is 33.0. The molecular weight excluding hydrogens is 763 g/mol. The second-order valence-corrected chi connectivity index (χ2v) is 16.0. The lowest BCUT2D eigenvalue weighted by Crippen LogP contribution is -2.07. The molecule has 0 N–H and O–H groups in total. The molecule has 0 aliphatic heterocycles. The minimum atomic E-state index is 0.494. The Kier molecular flexibility index (Phi) is 6.71. The minimum Gasteiger partial charge on any atom is -0.456 e. The number of rotatable bonds is 4. The van der Waals surface area contributed by atoms with E-state index in [1.807, 2.05) is 36.4 Å². The standard InChI is InChI=1S/C55H31N5O2/c1-2-14-33-28-48-42(27-32(33)13-1)38-17-5-8-20-45(38)59(48)35-30-43-40-19-7-12-24-50(40)62-52(43)44(31-35)54-56-53(34-25-26-41-39-18-6-11-23-49(39)61-51(41)29-34)57-55(58-54)60-46-21-9-3-15-36(46)37-16-4-10-22-47(37)60/h1-31H. The highest BCUT2D eigenvalue weighted by Gasteiger charge is 2.23. The lowest BCUT2D eigenvalue weighted by molar-refractivity contribution is 0.668. The van der Waals surface area contributed by atoms with Crippen LogP contribution >= 0.6 is 0 Å². The van der Waals surface area contributed by atoms with Crippen LogP contribution < -0.4 is 0 Å². The van der Waals surface area contributed by atoms with Crippen LogP contribution in [0.4, 0.5) is 0 Å². The first kappa shape index (κ1) is 33.3. The van der Waals surface area contributed by atoms with E-state index < -0.39 is 0 Å². The molecule has 0 amide bonds. The van der Waals surface area contributed by atoms with Gasteiger partial charge in [0, 0.05) is 54.3 Å². The molecule has 0 fully saturated rings. The quantitative estimate of drug-likeness (QED) is 0.177. The SMILES string of the molecule is c1ccc2cc3c(cc2c1)c1ccccc1n3-c1cc(-c2nc(-c3ccc4c(c3)oc3ccccc34)nc(-n3c4ccccc4c4ccccc43)n2)c2oc3ccccc3c2c1. The predicted molar refractivity (Wildman–Crippen MR) is 251 cm³/mol. The molecule has 0 atom stereocenters. The van der Waals surface area contributed by atoms with E-state index in [1.54, 1.807) is 0 Å². The van der Waals surface area contributed by atoms with Crippen molar-refractivity contribution in [3.05, 3.63) is 188 Å². The zero-order valence-corrected chi connectivity index (χ0v) is 33.0. The van der Waals surface area contributed by atoms with Crippen LogP contribution in [0.3, 0.4) is 0 Å². The summed E-state index contributed by atoms with van der Waals surface area (Å²) in [7, 11) is 0. The highest BCUT2D eigenvalue weighted by Crippen LogP contribution is 2.42. The smallest absolute Gasteiger partial charge is 0.238 e. The average molecular weight is 794 g/mol. The summed E-state index contributed by atoms with van der Waals surface area (Å²) >= 11 is 0. The van der Waals surface area contributed by atoms with E-state index in [0.29, 0.717) is 23.2 Å². The number of benzene rings is 9. The molecule has 0 unspecified atom stereocenters. The maximum absolute atomic E-state index is 6.82. The molecule has 62 heavy (non-hydrogen) atoms. The highest BCUT2D eigenvalue weighted by atomic mass is 16.3. The van der Waals surface area contributed by atoms with E-state index in [-0.39, 0.29) is 0 Å². The summed E-state index contributed by atoms with van der Waals surface area (Å²) in [6, 6.07) is 65.7. The van der Waals surface area contributed by atoms with Gasteiger partial charge < -0.3 is 13.4 Å². The molecule has 0 aliphatic carbocycles. The third-order valence-corrected chi connectivity index (χ3v) is 12.5. The van der Waals surface area contributed by atoms with E-state index in [1.165, 1.54) is 21.5 Å². The predicted octanol–water partition coefficient (Wildman–Crippen LogP) is 14.4. The van der Waals surface area contributed by atoms with Crippen LogP contribution in [0.5, 0.6) is 0 Å². The average Bonchev–Trinajstić information content (AvgIpc) is 4.08. The molecule has 5 aromatic heterocycles. The number of nitrogens with zero attached hydrogens (tertiary/aromatic N) is 5. The summed E-state index contributed by atoms with van der Waals surface area (Å²) in [6.07, 6.45) is 0. The molecule has 5 heterocycles. The normalized spacial score (nSPS) is 12.2. The van der Waals surface area contributed by atoms with Crippen molar-refractivity contribution in [3.63, 3.8) is 0 Å². The summed E-state index contributed by atoms with van der Waals surface area (Å²) in [5.74, 6) is 1.52. The van der Waals surface area contributed by atoms with Crippen molar-refractivity contribution in [1.82, 2.24) is 24.1 Å². The molecule has 0 bridgehead atoms. The van der Waals surface area contributed by atoms with Gasteiger partial charge in [-0.3, -0.25) is 4.57 Å². The molecule has 0 radical (unpaired) electrons. The molecule has 7 heteroatoms. The number of para-hydroxylation sites is 5. The first-order chi connectivity index (χ1) is 30.7. The highest BCUT2D eigenvalue weighted by molar-refractivity contribution is 6.15. The largest absolute Gasteiger partial charge is 0.456 e. The first-order valence-corrected chi connectivity index (χ1v) is 20.8. The van der Waals surface area contributed by atoms with Crippen LogP contribution in [0.1, 0.15) is 0 Å². The second kappa shape index (κ2) is 12.5. The van der Waals surface area contributed by atoms with Crippen molar-refractivity contribution in [2.24, 2.45) is 0 Å². The Morgan fingerprint density at radius 3 is 1.61 bits per heavy atom. The fourth-order valence-corrected chi connectivity index (χ4v) is 9.76. The Hall–Kier alpha value is -8.55. The van der Waals surface area contributed by atoms with Crippen LogP contribution in [-0.4, -0.2) is 24.1 Å². The van der Waals surface area contributed by atoms with Gasteiger partial charge in [-0.25, -0.2) is 4.98 Å². The molecule has 14 aromatic rings. The lowest BCUT2D eigenvalue weighted by Gasteiger charge is -2.13. The van der Waals surface area contributed by atoms with Gasteiger partial charge in [0.2, 0.25) is 5.95 Å². The van der Waals surface area contributed by atoms with Crippen LogP contribution in [0.2, 0.25) is 0 Å². The van der Waals surface area contributed by atoms with Gasteiger partial charge in [-0.1, -0.05) is 121 Å². The van der Waals surface area contributed by atoms with E-state index in [9.17, 15) is 0 Å². The number of aromatic nitrogens is 5. The van der Waals surface area contributed by atoms with Crippen LogP contribution in [0.25, 0.3) is 133 Å². The Morgan fingerprint density at radius 2 is 0.887 bits per heavy atom. The van der Waals surface area contributed by atoms with Gasteiger partial charge >= 0.3 is 0 Å². The Morgan fingerprint density at radius 1 is 0.339 bits per heavy atom. The summed E-state index contributed by atoms with van der Waals surface area (Å²) in [5, 5.41) is 11.1. The maximum atomic E-state index is 6.82. The summed E-state index contributed by atoms with van der Waals surface area (Å²) in [5.41, 5.74) is 9.89. The Bertz CT molecular complexity index is 4130. The van der Waals surface area contributed by atoms with Crippen molar-refractivity contribution in [1.29, 1.82) is 0 Å². The van der Waals surface area contributed by atoms with Crippen LogP contribution in [0, 0.1) is 0 Å². The van der Waals surface area contributed by atoms with Crippen molar-refractivity contribution in [3.8, 4) is 34.4 Å². The summed E-state index contributed by atoms with van der Waals surface area (Å²) < 4.78 is 17.7. The summed E-state index contributed by atoms with van der Waals surface area (Å²) in [4.78, 5) is 16.1. The van der Waals surface area contributed by atoms with Crippen LogP contribution in [-0.2, 0) is 0 Å². The molecule has 14 rings (SSSR count). The number of fused-ring (bicyclic) bond motifs is 13. The van der Waals surface area contributed by atoms with Gasteiger partial charge in [0.05, 0.1) is 27.6 Å². The Labute approximate surface area is 352 Å². The van der Waals surface area contributed by atoms with Gasteiger partial charge in [0.25, 0.3) is 0 Å². The molecule has 0 spiro atoms. The molecular formula is C55H31N5O2. The number of hydrogen-bond donors (Lipinski definition) is 0. The van der Waals surface area contributed by atoms with E-state index >= 15 is 0 Å². The Balaban J connectivity index is 1.10. The minimum absolute atomic E-state index is 0.494. The number of furan rings is 2.